The van der Waals surface area contributed by atoms with Gasteiger partial charge in [0.1, 0.15) is 0 Å². The molecule has 1 aromatic rings. The van der Waals surface area contributed by atoms with E-state index in [9.17, 15) is 8.42 Å². The van der Waals surface area contributed by atoms with E-state index in [1.54, 1.807) is 19.2 Å². The Labute approximate surface area is 128 Å². The van der Waals surface area contributed by atoms with Crippen LogP contribution in [-0.2, 0) is 21.3 Å². The summed E-state index contributed by atoms with van der Waals surface area (Å²) in [5.74, 6) is 0. The predicted molar refractivity (Wildman–Crippen MR) is 84.7 cm³/mol. The van der Waals surface area contributed by atoms with Gasteiger partial charge >= 0.3 is 0 Å². The maximum absolute atomic E-state index is 12.6. The average molecular weight is 314 g/mol. The second-order valence-corrected chi connectivity index (χ2v) is 6.63. The number of benzene rings is 1. The third-order valence-electron chi connectivity index (χ3n) is 3.15. The molecule has 6 heteroatoms. The minimum Gasteiger partial charge on any atom is -0.383 e. The van der Waals surface area contributed by atoms with Crippen molar-refractivity contribution in [2.75, 3.05) is 20.3 Å². The molecule has 0 aromatic heterocycles. The Balaban J connectivity index is 2.95. The van der Waals surface area contributed by atoms with Crippen LogP contribution in [0.5, 0.6) is 0 Å². The number of nitrogens with one attached hydrogen (secondary N) is 2. The van der Waals surface area contributed by atoms with Crippen LogP contribution < -0.4 is 10.0 Å². The van der Waals surface area contributed by atoms with Crippen LogP contribution in [0.15, 0.2) is 29.2 Å². The zero-order valence-electron chi connectivity index (χ0n) is 13.1. The van der Waals surface area contributed by atoms with Gasteiger partial charge in [0.05, 0.1) is 11.5 Å². The fourth-order valence-corrected chi connectivity index (χ4v) is 3.68. The number of hydrogen-bond acceptors (Lipinski definition) is 4. The molecular weight excluding hydrogens is 288 g/mol. The molecule has 0 amide bonds. The van der Waals surface area contributed by atoms with Crippen LogP contribution in [0.4, 0.5) is 0 Å². The normalized spacial score (nSPS) is 13.3. The maximum atomic E-state index is 12.6. The SMILES string of the molecule is CCCC(COC)NS(=O)(=O)c1ccccc1CNCC. The van der Waals surface area contributed by atoms with Gasteiger partial charge < -0.3 is 10.1 Å². The summed E-state index contributed by atoms with van der Waals surface area (Å²) >= 11 is 0. The first-order valence-corrected chi connectivity index (χ1v) is 8.83. The Bertz CT molecular complexity index is 511. The summed E-state index contributed by atoms with van der Waals surface area (Å²) in [6, 6.07) is 6.88. The van der Waals surface area contributed by atoms with Crippen LogP contribution in [0.3, 0.4) is 0 Å². The van der Waals surface area contributed by atoms with E-state index in [2.05, 4.69) is 10.0 Å². The second-order valence-electron chi connectivity index (χ2n) is 4.95. The monoisotopic (exact) mass is 314 g/mol. The molecule has 1 aromatic carbocycles. The molecule has 0 saturated carbocycles. The molecule has 2 N–H and O–H groups in total. The van der Waals surface area contributed by atoms with Crippen molar-refractivity contribution in [1.82, 2.24) is 10.0 Å². The Morgan fingerprint density at radius 3 is 2.57 bits per heavy atom. The Morgan fingerprint density at radius 2 is 1.95 bits per heavy atom. The van der Waals surface area contributed by atoms with Crippen LogP contribution in [0.1, 0.15) is 32.3 Å². The lowest BCUT2D eigenvalue weighted by Crippen LogP contribution is -2.38. The second kappa shape index (κ2) is 9.15. The molecule has 0 saturated heterocycles. The Kier molecular flexibility index (Phi) is 7.88. The van der Waals surface area contributed by atoms with E-state index < -0.39 is 10.0 Å². The van der Waals surface area contributed by atoms with Gasteiger partial charge in [0, 0.05) is 19.7 Å². The van der Waals surface area contributed by atoms with Crippen molar-refractivity contribution in [1.29, 1.82) is 0 Å². The number of rotatable bonds is 10. The van der Waals surface area contributed by atoms with Crippen molar-refractivity contribution < 1.29 is 13.2 Å². The molecule has 0 radical (unpaired) electrons. The van der Waals surface area contributed by atoms with E-state index >= 15 is 0 Å². The molecule has 120 valence electrons. The molecule has 1 atom stereocenters. The van der Waals surface area contributed by atoms with Crippen molar-refractivity contribution in [2.24, 2.45) is 0 Å². The zero-order valence-corrected chi connectivity index (χ0v) is 13.9. The standard InChI is InChI=1S/C15H26N2O3S/c1-4-8-14(12-20-3)17-21(18,19)15-10-7-6-9-13(15)11-16-5-2/h6-7,9-10,14,16-17H,4-5,8,11-12H2,1-3H3. The minimum atomic E-state index is -3.53. The number of ether oxygens (including phenoxy) is 1. The van der Waals surface area contributed by atoms with Crippen LogP contribution in [0.2, 0.25) is 0 Å². The average Bonchev–Trinajstić information content (AvgIpc) is 2.45. The summed E-state index contributed by atoms with van der Waals surface area (Å²) in [5, 5.41) is 3.16. The quantitative estimate of drug-likeness (QED) is 0.692. The van der Waals surface area contributed by atoms with Gasteiger partial charge in [-0.25, -0.2) is 13.1 Å². The summed E-state index contributed by atoms with van der Waals surface area (Å²) < 4.78 is 33.0. The highest BCUT2D eigenvalue weighted by Crippen LogP contribution is 2.16. The fourth-order valence-electron chi connectivity index (χ4n) is 2.18. The summed E-state index contributed by atoms with van der Waals surface area (Å²) in [6.45, 7) is 5.73. The smallest absolute Gasteiger partial charge is 0.241 e. The summed E-state index contributed by atoms with van der Waals surface area (Å²) in [5.41, 5.74) is 0.777. The van der Waals surface area contributed by atoms with Crippen LogP contribution >= 0.6 is 0 Å². The van der Waals surface area contributed by atoms with Gasteiger partial charge in [-0.2, -0.15) is 0 Å². The summed E-state index contributed by atoms with van der Waals surface area (Å²) in [6.07, 6.45) is 1.65. The fraction of sp³-hybridized carbons (Fsp3) is 0.600. The number of hydrogen-bond donors (Lipinski definition) is 2. The van der Waals surface area contributed by atoms with E-state index in [1.807, 2.05) is 26.0 Å². The molecule has 0 fully saturated rings. The molecule has 0 aliphatic rings. The highest BCUT2D eigenvalue weighted by atomic mass is 32.2. The largest absolute Gasteiger partial charge is 0.383 e. The first-order chi connectivity index (χ1) is 10.0. The van der Waals surface area contributed by atoms with Gasteiger partial charge in [0.2, 0.25) is 10.0 Å². The van der Waals surface area contributed by atoms with Crippen molar-refractivity contribution in [3.8, 4) is 0 Å². The first-order valence-electron chi connectivity index (χ1n) is 7.35. The van der Waals surface area contributed by atoms with Crippen LogP contribution in [-0.4, -0.2) is 34.7 Å². The Morgan fingerprint density at radius 1 is 1.24 bits per heavy atom. The highest BCUT2D eigenvalue weighted by molar-refractivity contribution is 7.89. The van der Waals surface area contributed by atoms with Gasteiger partial charge in [0.25, 0.3) is 0 Å². The van der Waals surface area contributed by atoms with Gasteiger partial charge in [-0.3, -0.25) is 0 Å². The van der Waals surface area contributed by atoms with Crippen molar-refractivity contribution in [3.05, 3.63) is 29.8 Å². The van der Waals surface area contributed by atoms with E-state index in [0.29, 0.717) is 18.0 Å². The maximum Gasteiger partial charge on any atom is 0.241 e. The predicted octanol–water partition coefficient (Wildman–Crippen LogP) is 1.89. The summed E-state index contributed by atoms with van der Waals surface area (Å²) in [4.78, 5) is 0.336. The van der Waals surface area contributed by atoms with E-state index in [-0.39, 0.29) is 6.04 Å². The van der Waals surface area contributed by atoms with Gasteiger partial charge in [-0.05, 0) is 24.6 Å². The lowest BCUT2D eigenvalue weighted by Gasteiger charge is -2.18. The third-order valence-corrected chi connectivity index (χ3v) is 4.78. The topological polar surface area (TPSA) is 67.4 Å². The van der Waals surface area contributed by atoms with Crippen LogP contribution in [0, 0.1) is 0 Å². The molecule has 21 heavy (non-hydrogen) atoms. The zero-order chi connectivity index (χ0) is 15.7. The summed E-state index contributed by atoms with van der Waals surface area (Å²) in [7, 11) is -1.96. The lowest BCUT2D eigenvalue weighted by atomic mass is 10.2. The van der Waals surface area contributed by atoms with Crippen molar-refractivity contribution >= 4 is 10.0 Å². The first kappa shape index (κ1) is 18.1. The van der Waals surface area contributed by atoms with Crippen molar-refractivity contribution in [2.45, 2.75) is 44.2 Å². The Hall–Kier alpha value is -0.950. The molecule has 0 aliphatic heterocycles. The molecule has 0 aliphatic carbocycles. The van der Waals surface area contributed by atoms with Gasteiger partial charge in [-0.15, -0.1) is 0 Å². The van der Waals surface area contributed by atoms with Crippen molar-refractivity contribution in [3.63, 3.8) is 0 Å². The molecule has 0 heterocycles. The molecule has 5 nitrogen and oxygen atoms in total. The van der Waals surface area contributed by atoms with E-state index in [1.165, 1.54) is 0 Å². The van der Waals surface area contributed by atoms with Gasteiger partial charge in [0.15, 0.2) is 0 Å². The molecular formula is C15H26N2O3S. The highest BCUT2D eigenvalue weighted by Gasteiger charge is 2.22. The van der Waals surface area contributed by atoms with Crippen LogP contribution in [0.25, 0.3) is 0 Å². The van der Waals surface area contributed by atoms with E-state index in [0.717, 1.165) is 24.9 Å². The lowest BCUT2D eigenvalue weighted by molar-refractivity contribution is 0.171. The van der Waals surface area contributed by atoms with E-state index in [4.69, 9.17) is 4.74 Å². The molecule has 0 spiro atoms. The number of methoxy groups -OCH3 is 1. The number of sulfonamides is 1. The third kappa shape index (κ3) is 5.74. The molecule has 0 bridgehead atoms. The van der Waals surface area contributed by atoms with Gasteiger partial charge in [-0.1, -0.05) is 38.5 Å². The molecule has 1 unspecified atom stereocenters. The minimum absolute atomic E-state index is 0.197. The molecule has 1 rings (SSSR count).